The summed E-state index contributed by atoms with van der Waals surface area (Å²) >= 11 is 0. The summed E-state index contributed by atoms with van der Waals surface area (Å²) in [5, 5.41) is 15.1. The van der Waals surface area contributed by atoms with Gasteiger partial charge in [0.25, 0.3) is 0 Å². The fourth-order valence-electron chi connectivity index (χ4n) is 5.33. The minimum absolute atomic E-state index is 0.100. The minimum atomic E-state index is -0.379. The van der Waals surface area contributed by atoms with E-state index >= 15 is 0 Å². The van der Waals surface area contributed by atoms with E-state index in [0.29, 0.717) is 0 Å². The van der Waals surface area contributed by atoms with Crippen LogP contribution in [0.4, 0.5) is 0 Å². The quantitative estimate of drug-likeness (QED) is 0.321. The van der Waals surface area contributed by atoms with Crippen molar-refractivity contribution in [2.75, 3.05) is 0 Å². The van der Waals surface area contributed by atoms with Gasteiger partial charge in [0.05, 0.1) is 6.04 Å². The lowest BCUT2D eigenvalue weighted by molar-refractivity contribution is -0.146. The molecule has 0 aromatic carbocycles. The molecule has 118 valence electrons. The van der Waals surface area contributed by atoms with Gasteiger partial charge in [-0.1, -0.05) is 19.0 Å². The van der Waals surface area contributed by atoms with Crippen LogP contribution in [0.2, 0.25) is 0 Å². The predicted molar refractivity (Wildman–Crippen MR) is 80.8 cm³/mol. The van der Waals surface area contributed by atoms with Crippen LogP contribution in [0.25, 0.3) is 0 Å². The molecule has 0 aliphatic heterocycles. The second kappa shape index (κ2) is 5.18. The maximum Gasteiger partial charge on any atom is 0.226 e. The molecular weight excluding hydrogens is 266 g/mol. The Kier molecular flexibility index (Phi) is 3.62. The Morgan fingerprint density at radius 2 is 1.67 bits per heavy atom. The van der Waals surface area contributed by atoms with Gasteiger partial charge >= 0.3 is 0 Å². The highest BCUT2D eigenvalue weighted by Gasteiger charge is 2.54. The van der Waals surface area contributed by atoms with Crippen molar-refractivity contribution in [1.82, 2.24) is 5.32 Å². The van der Waals surface area contributed by atoms with Gasteiger partial charge in [-0.3, -0.25) is 4.79 Å². The highest BCUT2D eigenvalue weighted by Crippen LogP contribution is 2.60. The Labute approximate surface area is 126 Å². The van der Waals surface area contributed by atoms with Crippen molar-refractivity contribution in [3.63, 3.8) is 0 Å². The number of oxime groups is 1. The standard InChI is InChI=1S/C16H27N3O2/c1-9(2)13(14(17)19-21)18-15(20)16-6-10-3-11(7-16)5-12(4-10)8-16/h9-13,21H,3-8H2,1-2H3,(H2,17,19)(H,18,20). The van der Waals surface area contributed by atoms with Crippen LogP contribution in [-0.4, -0.2) is 23.0 Å². The maximum atomic E-state index is 12.9. The number of rotatable bonds is 4. The van der Waals surface area contributed by atoms with E-state index < -0.39 is 0 Å². The number of carbonyl (C=O) groups excluding carboxylic acids is 1. The number of carbonyl (C=O) groups is 1. The molecule has 4 N–H and O–H groups in total. The summed E-state index contributed by atoms with van der Waals surface area (Å²) in [6.07, 6.45) is 7.06. The molecule has 4 aliphatic carbocycles. The smallest absolute Gasteiger partial charge is 0.226 e. The molecule has 21 heavy (non-hydrogen) atoms. The van der Waals surface area contributed by atoms with Crippen molar-refractivity contribution in [3.05, 3.63) is 0 Å². The second-order valence-electron chi connectivity index (χ2n) is 7.92. The van der Waals surface area contributed by atoms with Crippen LogP contribution in [0.1, 0.15) is 52.4 Å². The first-order chi connectivity index (χ1) is 9.93. The molecule has 4 bridgehead atoms. The van der Waals surface area contributed by atoms with Crippen LogP contribution < -0.4 is 11.1 Å². The number of nitrogens with zero attached hydrogens (tertiary/aromatic N) is 1. The van der Waals surface area contributed by atoms with E-state index in [2.05, 4.69) is 10.5 Å². The Morgan fingerprint density at radius 1 is 1.19 bits per heavy atom. The molecule has 5 heteroatoms. The second-order valence-corrected chi connectivity index (χ2v) is 7.92. The first kappa shape index (κ1) is 14.7. The van der Waals surface area contributed by atoms with Crippen molar-refractivity contribution in [3.8, 4) is 0 Å². The van der Waals surface area contributed by atoms with Gasteiger partial charge in [-0.25, -0.2) is 0 Å². The van der Waals surface area contributed by atoms with E-state index in [0.717, 1.165) is 37.0 Å². The molecule has 0 heterocycles. The number of nitrogens with one attached hydrogen (secondary N) is 1. The van der Waals surface area contributed by atoms with E-state index in [1.165, 1.54) is 19.3 Å². The zero-order chi connectivity index (χ0) is 15.2. The van der Waals surface area contributed by atoms with Crippen molar-refractivity contribution in [1.29, 1.82) is 0 Å². The van der Waals surface area contributed by atoms with E-state index in [-0.39, 0.29) is 29.1 Å². The van der Waals surface area contributed by atoms with Crippen LogP contribution in [0.3, 0.4) is 0 Å². The highest BCUT2D eigenvalue weighted by molar-refractivity contribution is 5.92. The van der Waals surface area contributed by atoms with Gasteiger partial charge in [-0.15, -0.1) is 0 Å². The number of hydrogen-bond donors (Lipinski definition) is 3. The highest BCUT2D eigenvalue weighted by atomic mass is 16.4. The molecule has 1 unspecified atom stereocenters. The lowest BCUT2D eigenvalue weighted by Crippen LogP contribution is -2.58. The molecule has 0 aromatic heterocycles. The third-order valence-corrected chi connectivity index (χ3v) is 5.91. The Balaban J connectivity index is 1.76. The lowest BCUT2D eigenvalue weighted by Gasteiger charge is -2.55. The molecule has 0 saturated heterocycles. The SMILES string of the molecule is CC(C)C(NC(=O)C12CC3CC(CC(C3)C1)C2)C(N)=NO. The van der Waals surface area contributed by atoms with E-state index in [1.807, 2.05) is 13.8 Å². The third-order valence-electron chi connectivity index (χ3n) is 5.91. The van der Waals surface area contributed by atoms with Gasteiger partial charge < -0.3 is 16.3 Å². The molecule has 1 atom stereocenters. The number of amides is 1. The molecule has 0 spiro atoms. The van der Waals surface area contributed by atoms with Gasteiger partial charge in [0.1, 0.15) is 0 Å². The average molecular weight is 293 g/mol. The summed E-state index contributed by atoms with van der Waals surface area (Å²) in [7, 11) is 0. The van der Waals surface area contributed by atoms with Crippen LogP contribution in [0.5, 0.6) is 0 Å². The fraction of sp³-hybridized carbons (Fsp3) is 0.875. The molecule has 4 aliphatic rings. The number of nitrogens with two attached hydrogens (primary N) is 1. The zero-order valence-corrected chi connectivity index (χ0v) is 13.0. The molecule has 0 aromatic rings. The molecule has 4 rings (SSSR count). The van der Waals surface area contributed by atoms with Gasteiger partial charge in [-0.2, -0.15) is 0 Å². The van der Waals surface area contributed by atoms with Crippen molar-refractivity contribution in [2.45, 2.75) is 58.4 Å². The van der Waals surface area contributed by atoms with Gasteiger partial charge in [0.15, 0.2) is 5.84 Å². The van der Waals surface area contributed by atoms with Gasteiger partial charge in [0.2, 0.25) is 5.91 Å². The summed E-state index contributed by atoms with van der Waals surface area (Å²) in [5.41, 5.74) is 5.56. The molecule has 1 amide bonds. The summed E-state index contributed by atoms with van der Waals surface area (Å²) in [6.45, 7) is 3.95. The van der Waals surface area contributed by atoms with Crippen LogP contribution in [-0.2, 0) is 4.79 Å². The first-order valence-corrected chi connectivity index (χ1v) is 8.22. The summed E-state index contributed by atoms with van der Waals surface area (Å²) in [4.78, 5) is 12.9. The van der Waals surface area contributed by atoms with Crippen LogP contribution in [0.15, 0.2) is 5.16 Å². The predicted octanol–water partition coefficient (Wildman–Crippen LogP) is 2.09. The Hall–Kier alpha value is -1.26. The average Bonchev–Trinajstić information content (AvgIpc) is 2.41. The Morgan fingerprint density at radius 3 is 2.05 bits per heavy atom. The molecule has 0 radical (unpaired) electrons. The van der Waals surface area contributed by atoms with E-state index in [9.17, 15) is 4.79 Å². The van der Waals surface area contributed by atoms with Crippen molar-refractivity contribution < 1.29 is 10.0 Å². The first-order valence-electron chi connectivity index (χ1n) is 8.22. The third kappa shape index (κ3) is 2.51. The Bertz CT molecular complexity index is 423. The van der Waals surface area contributed by atoms with Crippen LogP contribution >= 0.6 is 0 Å². The molecule has 4 fully saturated rings. The van der Waals surface area contributed by atoms with Crippen molar-refractivity contribution in [2.24, 2.45) is 40.0 Å². The molecule has 5 nitrogen and oxygen atoms in total. The number of hydrogen-bond acceptors (Lipinski definition) is 3. The monoisotopic (exact) mass is 293 g/mol. The molecular formula is C16H27N3O2. The topological polar surface area (TPSA) is 87.7 Å². The normalized spacial score (nSPS) is 39.6. The van der Waals surface area contributed by atoms with Crippen LogP contribution in [0, 0.1) is 29.1 Å². The minimum Gasteiger partial charge on any atom is -0.409 e. The van der Waals surface area contributed by atoms with E-state index in [4.69, 9.17) is 10.9 Å². The lowest BCUT2D eigenvalue weighted by atomic mass is 9.49. The summed E-state index contributed by atoms with van der Waals surface area (Å²) < 4.78 is 0. The maximum absolute atomic E-state index is 12.9. The largest absolute Gasteiger partial charge is 0.409 e. The molecule has 4 saturated carbocycles. The fourth-order valence-corrected chi connectivity index (χ4v) is 5.33. The van der Waals surface area contributed by atoms with Crippen molar-refractivity contribution >= 4 is 11.7 Å². The van der Waals surface area contributed by atoms with Gasteiger partial charge in [-0.05, 0) is 62.2 Å². The van der Waals surface area contributed by atoms with Gasteiger partial charge in [0, 0.05) is 5.41 Å². The number of amidine groups is 1. The zero-order valence-electron chi connectivity index (χ0n) is 13.0. The summed E-state index contributed by atoms with van der Waals surface area (Å²) in [5.74, 6) is 2.56. The van der Waals surface area contributed by atoms with E-state index in [1.54, 1.807) is 0 Å². The summed E-state index contributed by atoms with van der Waals surface area (Å²) in [6, 6.07) is -0.379.